The average Bonchev–Trinajstić information content (AvgIpc) is 2.44. The first-order valence-electron chi connectivity index (χ1n) is 6.45. The van der Waals surface area contributed by atoms with E-state index in [1.165, 1.54) is 0 Å². The van der Waals surface area contributed by atoms with Crippen molar-refractivity contribution in [2.24, 2.45) is 0 Å². The van der Waals surface area contributed by atoms with Crippen molar-refractivity contribution in [3.63, 3.8) is 0 Å². The van der Waals surface area contributed by atoms with Gasteiger partial charge in [-0.3, -0.25) is 10.1 Å². The summed E-state index contributed by atoms with van der Waals surface area (Å²) in [6.07, 6.45) is 0.522. The van der Waals surface area contributed by atoms with Gasteiger partial charge >= 0.3 is 0 Å². The predicted octanol–water partition coefficient (Wildman–Crippen LogP) is 4.58. The fraction of sp³-hybridized carbons (Fsp3) is 0.571. The summed E-state index contributed by atoms with van der Waals surface area (Å²) in [7, 11) is 0. The largest absolute Gasteiger partial charge is 0.265 e. The summed E-state index contributed by atoms with van der Waals surface area (Å²) in [4.78, 5) is 9.68. The summed E-state index contributed by atoms with van der Waals surface area (Å²) in [5.41, 5.74) is 1.02. The SMILES string of the molecule is CC.CC.CC.O=[N+]([O-])CCc1ccccc1. The Kier molecular flexibility index (Phi) is 24.8. The van der Waals surface area contributed by atoms with Gasteiger partial charge in [-0.05, 0) is 5.56 Å². The number of hydrogen-bond donors (Lipinski definition) is 0. The number of rotatable bonds is 3. The van der Waals surface area contributed by atoms with Crippen molar-refractivity contribution >= 4 is 0 Å². The van der Waals surface area contributed by atoms with Gasteiger partial charge in [-0.25, -0.2) is 0 Å². The van der Waals surface area contributed by atoms with E-state index in [9.17, 15) is 10.1 Å². The van der Waals surface area contributed by atoms with Crippen molar-refractivity contribution in [2.45, 2.75) is 48.0 Å². The van der Waals surface area contributed by atoms with Crippen LogP contribution in [-0.4, -0.2) is 11.5 Å². The number of hydrogen-bond acceptors (Lipinski definition) is 2. The second kappa shape index (κ2) is 20.1. The molecule has 0 saturated carbocycles. The van der Waals surface area contributed by atoms with Crippen molar-refractivity contribution in [1.29, 1.82) is 0 Å². The Morgan fingerprint density at radius 1 is 0.941 bits per heavy atom. The highest BCUT2D eigenvalue weighted by Gasteiger charge is 1.97. The maximum atomic E-state index is 9.98. The lowest BCUT2D eigenvalue weighted by Crippen LogP contribution is -2.03. The van der Waals surface area contributed by atoms with E-state index in [-0.39, 0.29) is 11.5 Å². The van der Waals surface area contributed by atoms with Crippen molar-refractivity contribution in [3.8, 4) is 0 Å². The Labute approximate surface area is 106 Å². The van der Waals surface area contributed by atoms with Crippen LogP contribution in [0.5, 0.6) is 0 Å². The van der Waals surface area contributed by atoms with Gasteiger partial charge < -0.3 is 0 Å². The lowest BCUT2D eigenvalue weighted by Gasteiger charge is -1.94. The molecule has 0 spiro atoms. The molecule has 0 heterocycles. The van der Waals surface area contributed by atoms with Gasteiger partial charge in [0.15, 0.2) is 0 Å². The monoisotopic (exact) mass is 241 g/mol. The minimum absolute atomic E-state index is 0.0179. The Bertz CT molecular complexity index is 235. The number of nitro groups is 1. The highest BCUT2D eigenvalue weighted by molar-refractivity contribution is 5.14. The molecule has 3 heteroatoms. The summed E-state index contributed by atoms with van der Waals surface area (Å²) in [6, 6.07) is 9.45. The van der Waals surface area contributed by atoms with Crippen molar-refractivity contribution in [1.82, 2.24) is 0 Å². The van der Waals surface area contributed by atoms with E-state index in [4.69, 9.17) is 0 Å². The molecule has 0 atom stereocenters. The smallest absolute Gasteiger partial charge is 0.207 e. The van der Waals surface area contributed by atoms with Crippen LogP contribution in [0, 0.1) is 10.1 Å². The molecule has 1 rings (SSSR count). The molecule has 0 unspecified atom stereocenters. The molecule has 0 bridgehead atoms. The van der Waals surface area contributed by atoms with Gasteiger partial charge in [0.1, 0.15) is 0 Å². The van der Waals surface area contributed by atoms with Gasteiger partial charge in [-0.2, -0.15) is 0 Å². The van der Waals surface area contributed by atoms with Crippen molar-refractivity contribution in [2.75, 3.05) is 6.54 Å². The molecule has 17 heavy (non-hydrogen) atoms. The molecule has 0 fully saturated rings. The van der Waals surface area contributed by atoms with Crippen molar-refractivity contribution < 1.29 is 4.92 Å². The van der Waals surface area contributed by atoms with E-state index in [1.807, 2.05) is 71.9 Å². The van der Waals surface area contributed by atoms with Gasteiger partial charge in [0.2, 0.25) is 6.54 Å². The van der Waals surface area contributed by atoms with E-state index >= 15 is 0 Å². The zero-order valence-electron chi connectivity index (χ0n) is 12.1. The van der Waals surface area contributed by atoms with Crippen LogP contribution in [0.15, 0.2) is 30.3 Å². The minimum Gasteiger partial charge on any atom is -0.265 e. The molecule has 0 amide bonds. The summed E-state index contributed by atoms with van der Waals surface area (Å²) < 4.78 is 0. The van der Waals surface area contributed by atoms with Crippen LogP contribution >= 0.6 is 0 Å². The molecule has 0 saturated heterocycles. The Balaban J connectivity index is -0.000000285. The van der Waals surface area contributed by atoms with E-state index < -0.39 is 0 Å². The molecule has 0 aliphatic heterocycles. The molecule has 1 aromatic carbocycles. The van der Waals surface area contributed by atoms with Gasteiger partial charge in [0.25, 0.3) is 0 Å². The zero-order chi connectivity index (χ0) is 14.1. The Hall–Kier alpha value is -1.38. The molecular weight excluding hydrogens is 214 g/mol. The van der Waals surface area contributed by atoms with Gasteiger partial charge in [-0.1, -0.05) is 71.9 Å². The molecule has 0 radical (unpaired) electrons. The molecule has 0 N–H and O–H groups in total. The van der Waals surface area contributed by atoms with Crippen LogP contribution in [0.1, 0.15) is 47.1 Å². The van der Waals surface area contributed by atoms with Crippen LogP contribution in [0.2, 0.25) is 0 Å². The fourth-order valence-electron chi connectivity index (χ4n) is 0.865. The third-order valence-corrected chi connectivity index (χ3v) is 1.43. The third-order valence-electron chi connectivity index (χ3n) is 1.43. The summed E-state index contributed by atoms with van der Waals surface area (Å²) in [6.45, 7) is 12.0. The second-order valence-electron chi connectivity index (χ2n) is 2.29. The minimum atomic E-state index is -0.299. The van der Waals surface area contributed by atoms with Gasteiger partial charge in [-0.15, -0.1) is 0 Å². The molecular formula is C14H27NO2. The maximum Gasteiger partial charge on any atom is 0.207 e. The lowest BCUT2D eigenvalue weighted by atomic mass is 10.2. The summed E-state index contributed by atoms with van der Waals surface area (Å²) in [5, 5.41) is 9.98. The summed E-state index contributed by atoms with van der Waals surface area (Å²) in [5.74, 6) is 0. The third kappa shape index (κ3) is 17.2. The first kappa shape index (κ1) is 21.0. The Morgan fingerprint density at radius 3 is 1.71 bits per heavy atom. The quantitative estimate of drug-likeness (QED) is 0.574. The molecule has 1 aromatic rings. The topological polar surface area (TPSA) is 43.1 Å². The van der Waals surface area contributed by atoms with E-state index in [2.05, 4.69) is 0 Å². The lowest BCUT2D eigenvalue weighted by molar-refractivity contribution is -0.479. The average molecular weight is 241 g/mol. The maximum absolute atomic E-state index is 9.98. The second-order valence-corrected chi connectivity index (χ2v) is 2.29. The van der Waals surface area contributed by atoms with Gasteiger partial charge in [0, 0.05) is 11.3 Å². The first-order valence-corrected chi connectivity index (χ1v) is 6.45. The van der Waals surface area contributed by atoms with Crippen molar-refractivity contribution in [3.05, 3.63) is 46.0 Å². The molecule has 0 aromatic heterocycles. The molecule has 0 aliphatic rings. The fourth-order valence-corrected chi connectivity index (χ4v) is 0.865. The highest BCUT2D eigenvalue weighted by Crippen LogP contribution is 1.98. The first-order chi connectivity index (χ1) is 8.29. The Morgan fingerprint density at radius 2 is 1.35 bits per heavy atom. The van der Waals surface area contributed by atoms with Crippen LogP contribution in [0.3, 0.4) is 0 Å². The van der Waals surface area contributed by atoms with Crippen LogP contribution in [0.4, 0.5) is 0 Å². The molecule has 3 nitrogen and oxygen atoms in total. The molecule has 100 valence electrons. The van der Waals surface area contributed by atoms with E-state index in [1.54, 1.807) is 0 Å². The standard InChI is InChI=1S/C8H9NO2.3C2H6/c10-9(11)7-6-8-4-2-1-3-5-8;3*1-2/h1-5H,6-7H2;3*1-2H3. The number of benzene rings is 1. The van der Waals surface area contributed by atoms with Crippen LogP contribution in [-0.2, 0) is 6.42 Å². The number of nitrogens with zero attached hydrogens (tertiary/aromatic N) is 1. The molecule has 0 aliphatic carbocycles. The van der Waals surface area contributed by atoms with Crippen LogP contribution < -0.4 is 0 Å². The highest BCUT2D eigenvalue weighted by atomic mass is 16.6. The normalized spacial score (nSPS) is 7.18. The van der Waals surface area contributed by atoms with Gasteiger partial charge in [0.05, 0.1) is 0 Å². The predicted molar refractivity (Wildman–Crippen MR) is 76.1 cm³/mol. The summed E-state index contributed by atoms with van der Waals surface area (Å²) >= 11 is 0. The van der Waals surface area contributed by atoms with E-state index in [0.717, 1.165) is 5.56 Å². The zero-order valence-corrected chi connectivity index (χ0v) is 12.1. The van der Waals surface area contributed by atoms with Crippen LogP contribution in [0.25, 0.3) is 0 Å². The van der Waals surface area contributed by atoms with E-state index in [0.29, 0.717) is 6.42 Å².